The molecule has 7 nitrogen and oxygen atoms in total. The number of ether oxygens (including phenoxy) is 2. The smallest absolute Gasteiger partial charge is 0.268 e. The first kappa shape index (κ1) is 16.6. The maximum atomic E-state index is 14.0. The Kier molecular flexibility index (Phi) is 4.12. The van der Waals surface area contributed by atoms with E-state index >= 15 is 0 Å². The van der Waals surface area contributed by atoms with Crippen molar-refractivity contribution in [3.05, 3.63) is 47.7 Å². The topological polar surface area (TPSA) is 81.2 Å². The van der Waals surface area contributed by atoms with Gasteiger partial charge in [-0.3, -0.25) is 9.48 Å². The van der Waals surface area contributed by atoms with Crippen LogP contribution in [0.15, 0.2) is 30.5 Å². The second kappa shape index (κ2) is 6.45. The average Bonchev–Trinajstić information content (AvgIpc) is 3.34. The summed E-state index contributed by atoms with van der Waals surface area (Å²) in [5.41, 5.74) is 1.43. The van der Waals surface area contributed by atoms with E-state index in [1.807, 2.05) is 13.1 Å². The van der Waals surface area contributed by atoms with E-state index in [0.29, 0.717) is 24.2 Å². The number of carbonyl (C=O) groups excluding carboxylic acids is 1. The number of hydrogen-bond acceptors (Lipinski definition) is 4. The number of fused-ring (bicyclic) bond motifs is 1. The fourth-order valence-corrected chi connectivity index (χ4v) is 3.40. The van der Waals surface area contributed by atoms with Gasteiger partial charge in [0.25, 0.3) is 5.91 Å². The second-order valence-electron chi connectivity index (χ2n) is 6.26. The van der Waals surface area contributed by atoms with Crippen LogP contribution in [-0.2, 0) is 11.8 Å². The number of rotatable bonds is 4. The van der Waals surface area contributed by atoms with Crippen LogP contribution in [0.1, 0.15) is 28.7 Å². The fourth-order valence-electron chi connectivity index (χ4n) is 3.40. The van der Waals surface area contributed by atoms with Gasteiger partial charge in [0, 0.05) is 25.2 Å². The van der Waals surface area contributed by atoms with Gasteiger partial charge in [-0.25, -0.2) is 4.39 Å². The highest BCUT2D eigenvalue weighted by atomic mass is 19.1. The highest BCUT2D eigenvalue weighted by Crippen LogP contribution is 2.30. The third-order valence-corrected chi connectivity index (χ3v) is 4.73. The van der Waals surface area contributed by atoms with Crippen molar-refractivity contribution in [2.75, 3.05) is 13.7 Å². The molecule has 2 atom stereocenters. The van der Waals surface area contributed by atoms with E-state index in [9.17, 15) is 9.18 Å². The number of benzene rings is 1. The minimum Gasteiger partial charge on any atom is -0.496 e. The van der Waals surface area contributed by atoms with E-state index in [2.05, 4.69) is 15.4 Å². The third kappa shape index (κ3) is 2.72. The van der Waals surface area contributed by atoms with E-state index in [0.717, 1.165) is 5.69 Å². The molecule has 8 heteroatoms. The van der Waals surface area contributed by atoms with Gasteiger partial charge in [0.2, 0.25) is 0 Å². The van der Waals surface area contributed by atoms with Gasteiger partial charge in [0.15, 0.2) is 0 Å². The Balaban J connectivity index is 1.59. The molecule has 2 N–H and O–H groups in total. The molecule has 1 aliphatic heterocycles. The van der Waals surface area contributed by atoms with Crippen molar-refractivity contribution in [1.82, 2.24) is 20.1 Å². The first-order chi connectivity index (χ1) is 12.6. The molecule has 0 bridgehead atoms. The molecular formula is C18H19FN4O3. The summed E-state index contributed by atoms with van der Waals surface area (Å²) >= 11 is 0. The lowest BCUT2D eigenvalue weighted by atomic mass is 10.1. The Morgan fingerprint density at radius 3 is 3.04 bits per heavy atom. The van der Waals surface area contributed by atoms with Crippen molar-refractivity contribution in [2.45, 2.75) is 18.6 Å². The minimum atomic E-state index is -0.434. The van der Waals surface area contributed by atoms with Crippen LogP contribution in [0, 0.1) is 5.82 Å². The summed E-state index contributed by atoms with van der Waals surface area (Å²) in [6, 6.07) is 6.13. The van der Waals surface area contributed by atoms with Crippen molar-refractivity contribution < 1.29 is 18.7 Å². The molecule has 136 valence electrons. The van der Waals surface area contributed by atoms with Crippen LogP contribution in [0.4, 0.5) is 4.39 Å². The number of nitrogens with one attached hydrogen (secondary N) is 2. The van der Waals surface area contributed by atoms with Gasteiger partial charge in [0.1, 0.15) is 23.4 Å². The molecule has 26 heavy (non-hydrogen) atoms. The molecule has 0 radical (unpaired) electrons. The van der Waals surface area contributed by atoms with Gasteiger partial charge in [-0.1, -0.05) is 0 Å². The first-order valence-corrected chi connectivity index (χ1v) is 8.34. The van der Waals surface area contributed by atoms with Crippen molar-refractivity contribution in [3.63, 3.8) is 0 Å². The largest absolute Gasteiger partial charge is 0.496 e. The Labute approximate surface area is 149 Å². The predicted octanol–water partition coefficient (Wildman–Crippen LogP) is 2.31. The zero-order valence-electron chi connectivity index (χ0n) is 14.5. The monoisotopic (exact) mass is 358 g/mol. The molecule has 3 heterocycles. The molecule has 0 spiro atoms. The zero-order chi connectivity index (χ0) is 18.3. The third-order valence-electron chi connectivity index (χ3n) is 4.73. The maximum Gasteiger partial charge on any atom is 0.268 e. The maximum absolute atomic E-state index is 14.0. The van der Waals surface area contributed by atoms with Gasteiger partial charge >= 0.3 is 0 Å². The van der Waals surface area contributed by atoms with Crippen molar-refractivity contribution in [1.29, 1.82) is 0 Å². The molecule has 0 aliphatic carbocycles. The number of H-pyrrole nitrogens is 1. The standard InChI is InChI=1S/C18H19FN4O3/c1-23-14(5-7-20-23)17-12(6-8-26-17)22-18(24)13-9-10-15(25-2)4-3-11(19)16(10)21-13/h3-5,7,9,12,17,21H,6,8H2,1-2H3,(H,22,24)/t12-,17-/m0/s1. The number of hydrogen-bond donors (Lipinski definition) is 2. The van der Waals surface area contributed by atoms with Crippen LogP contribution in [0.25, 0.3) is 10.9 Å². The highest BCUT2D eigenvalue weighted by Gasteiger charge is 2.33. The van der Waals surface area contributed by atoms with Crippen LogP contribution in [0.3, 0.4) is 0 Å². The number of nitrogens with zero attached hydrogens (tertiary/aromatic N) is 2. The lowest BCUT2D eigenvalue weighted by molar-refractivity contribution is 0.0790. The Morgan fingerprint density at radius 2 is 2.31 bits per heavy atom. The first-order valence-electron chi connectivity index (χ1n) is 8.34. The van der Waals surface area contributed by atoms with Crippen LogP contribution < -0.4 is 10.1 Å². The molecule has 2 aromatic heterocycles. The SMILES string of the molecule is COc1ccc(F)c2[nH]c(C(=O)N[C@H]3CCO[C@@H]3c3ccnn3C)cc12. The summed E-state index contributed by atoms with van der Waals surface area (Å²) in [6.07, 6.45) is 2.13. The molecule has 1 saturated heterocycles. The number of methoxy groups -OCH3 is 1. The average molecular weight is 358 g/mol. The summed E-state index contributed by atoms with van der Waals surface area (Å²) in [5, 5.41) is 7.66. The van der Waals surface area contributed by atoms with Crippen molar-refractivity contribution >= 4 is 16.8 Å². The summed E-state index contributed by atoms with van der Waals surface area (Å²) < 4.78 is 26.8. The van der Waals surface area contributed by atoms with E-state index in [1.54, 1.807) is 16.9 Å². The van der Waals surface area contributed by atoms with E-state index in [-0.39, 0.29) is 29.3 Å². The molecule has 0 saturated carbocycles. The number of aryl methyl sites for hydroxylation is 1. The minimum absolute atomic E-state index is 0.184. The number of aromatic nitrogens is 3. The normalized spacial score (nSPS) is 19.8. The van der Waals surface area contributed by atoms with Crippen molar-refractivity contribution in [2.24, 2.45) is 7.05 Å². The fraction of sp³-hybridized carbons (Fsp3) is 0.333. The van der Waals surface area contributed by atoms with Gasteiger partial charge in [0.05, 0.1) is 24.4 Å². The summed E-state index contributed by atoms with van der Waals surface area (Å²) in [5.74, 6) is -0.240. The number of carbonyl (C=O) groups is 1. The lowest BCUT2D eigenvalue weighted by Crippen LogP contribution is -2.37. The zero-order valence-corrected chi connectivity index (χ0v) is 14.5. The predicted molar refractivity (Wildman–Crippen MR) is 92.6 cm³/mol. The molecule has 1 fully saturated rings. The second-order valence-corrected chi connectivity index (χ2v) is 6.26. The molecule has 0 unspecified atom stereocenters. The molecular weight excluding hydrogens is 339 g/mol. The van der Waals surface area contributed by atoms with Gasteiger partial charge in [-0.05, 0) is 30.7 Å². The Morgan fingerprint density at radius 1 is 1.46 bits per heavy atom. The highest BCUT2D eigenvalue weighted by molar-refractivity contribution is 6.00. The molecule has 3 aromatic rings. The van der Waals surface area contributed by atoms with Crippen molar-refractivity contribution in [3.8, 4) is 5.75 Å². The molecule has 4 rings (SSSR count). The summed E-state index contributed by atoms with van der Waals surface area (Å²) in [6.45, 7) is 0.552. The van der Waals surface area contributed by atoms with E-state index in [4.69, 9.17) is 9.47 Å². The van der Waals surface area contributed by atoms with E-state index < -0.39 is 5.82 Å². The Bertz CT molecular complexity index is 965. The van der Waals surface area contributed by atoms with Crippen LogP contribution >= 0.6 is 0 Å². The summed E-state index contributed by atoms with van der Waals surface area (Å²) in [7, 11) is 3.34. The number of aromatic amines is 1. The lowest BCUT2D eigenvalue weighted by Gasteiger charge is -2.19. The van der Waals surface area contributed by atoms with Crippen LogP contribution in [0.5, 0.6) is 5.75 Å². The van der Waals surface area contributed by atoms with E-state index in [1.165, 1.54) is 19.2 Å². The van der Waals surface area contributed by atoms with Gasteiger partial charge in [-0.15, -0.1) is 0 Å². The molecule has 1 amide bonds. The van der Waals surface area contributed by atoms with Crippen LogP contribution in [0.2, 0.25) is 0 Å². The van der Waals surface area contributed by atoms with Gasteiger partial charge < -0.3 is 19.8 Å². The van der Waals surface area contributed by atoms with Crippen LogP contribution in [-0.4, -0.2) is 40.4 Å². The Hall–Kier alpha value is -2.87. The number of halogens is 1. The summed E-state index contributed by atoms with van der Waals surface area (Å²) in [4.78, 5) is 15.5. The molecule has 1 aliphatic rings. The quantitative estimate of drug-likeness (QED) is 0.750. The van der Waals surface area contributed by atoms with Gasteiger partial charge in [-0.2, -0.15) is 5.10 Å². The molecule has 1 aromatic carbocycles. The number of amides is 1.